The summed E-state index contributed by atoms with van der Waals surface area (Å²) in [6.07, 6.45) is 7.80. The van der Waals surface area contributed by atoms with Gasteiger partial charge in [-0.25, -0.2) is 8.42 Å². The molecule has 2 aliphatic heterocycles. The first-order chi connectivity index (χ1) is 12.1. The first kappa shape index (κ1) is 16.9. The molecule has 0 spiro atoms. The van der Waals surface area contributed by atoms with Crippen molar-refractivity contribution in [1.82, 2.24) is 4.90 Å². The monoisotopic (exact) mass is 362 g/mol. The first-order valence-electron chi connectivity index (χ1n) is 9.48. The van der Waals surface area contributed by atoms with E-state index in [1.54, 1.807) is 18.2 Å². The van der Waals surface area contributed by atoms with Crippen LogP contribution in [-0.4, -0.2) is 44.1 Å². The van der Waals surface area contributed by atoms with Crippen molar-refractivity contribution in [3.05, 3.63) is 29.8 Å². The number of likely N-dealkylation sites (tertiary alicyclic amines) is 1. The van der Waals surface area contributed by atoms with Crippen LogP contribution in [0, 0.1) is 5.92 Å². The molecule has 2 saturated heterocycles. The summed E-state index contributed by atoms with van der Waals surface area (Å²) >= 11 is 0. The molecule has 0 unspecified atom stereocenters. The summed E-state index contributed by atoms with van der Waals surface area (Å²) in [5, 5.41) is 0. The number of carbonyl (C=O) groups excluding carboxylic acids is 1. The maximum Gasteiger partial charge on any atom is 0.254 e. The Kier molecular flexibility index (Phi) is 4.48. The van der Waals surface area contributed by atoms with Crippen LogP contribution in [0.5, 0.6) is 0 Å². The predicted molar refractivity (Wildman–Crippen MR) is 98.2 cm³/mol. The molecule has 136 valence electrons. The number of benzene rings is 1. The molecule has 2 heterocycles. The van der Waals surface area contributed by atoms with Gasteiger partial charge in [0.1, 0.15) is 0 Å². The van der Waals surface area contributed by atoms with E-state index in [0.29, 0.717) is 36.2 Å². The number of fused-ring (bicyclic) bond motifs is 1. The van der Waals surface area contributed by atoms with E-state index in [1.807, 2.05) is 6.07 Å². The molecular formula is C19H26N2O3S. The molecule has 0 bridgehead atoms. The molecule has 5 nitrogen and oxygen atoms in total. The Balaban J connectivity index is 1.59. The minimum absolute atomic E-state index is 0.0649. The van der Waals surface area contributed by atoms with Crippen molar-refractivity contribution in [2.45, 2.75) is 51.0 Å². The van der Waals surface area contributed by atoms with Crippen LogP contribution in [0.1, 0.15) is 55.3 Å². The zero-order valence-electron chi connectivity index (χ0n) is 14.6. The zero-order chi connectivity index (χ0) is 17.4. The summed E-state index contributed by atoms with van der Waals surface area (Å²) in [6, 6.07) is 7.55. The molecule has 3 aliphatic rings. The number of carbonyl (C=O) groups is 1. The lowest BCUT2D eigenvalue weighted by Crippen LogP contribution is -2.49. The Bertz CT molecular complexity index is 760. The third kappa shape index (κ3) is 3.16. The van der Waals surface area contributed by atoms with Gasteiger partial charge in [0.25, 0.3) is 5.91 Å². The normalized spacial score (nSPS) is 28.6. The molecular weight excluding hydrogens is 336 g/mol. The number of anilines is 1. The van der Waals surface area contributed by atoms with Crippen LogP contribution in [0.15, 0.2) is 24.3 Å². The summed E-state index contributed by atoms with van der Waals surface area (Å²) in [6.45, 7) is 1.33. The SMILES string of the molecule is O=C(c1cccc(N2CCCS2(=O)=O)c1)N1CCC[C@H]2CCCC[C@@H]21. The van der Waals surface area contributed by atoms with E-state index in [4.69, 9.17) is 0 Å². The molecule has 1 amide bonds. The second kappa shape index (κ2) is 6.63. The molecule has 1 aromatic carbocycles. The fourth-order valence-electron chi connectivity index (χ4n) is 4.77. The predicted octanol–water partition coefficient (Wildman–Crippen LogP) is 3.02. The number of nitrogens with zero attached hydrogens (tertiary/aromatic N) is 2. The van der Waals surface area contributed by atoms with Gasteiger partial charge >= 0.3 is 0 Å². The third-order valence-electron chi connectivity index (χ3n) is 5.98. The van der Waals surface area contributed by atoms with Gasteiger partial charge in [-0.1, -0.05) is 18.9 Å². The van der Waals surface area contributed by atoms with Gasteiger partial charge in [0.15, 0.2) is 0 Å². The average molecular weight is 362 g/mol. The van der Waals surface area contributed by atoms with Gasteiger partial charge in [0.05, 0.1) is 11.4 Å². The Morgan fingerprint density at radius 2 is 1.80 bits per heavy atom. The summed E-state index contributed by atoms with van der Waals surface area (Å²) in [5.41, 5.74) is 1.24. The van der Waals surface area contributed by atoms with E-state index in [1.165, 1.54) is 30.0 Å². The molecule has 0 aromatic heterocycles. The lowest BCUT2D eigenvalue weighted by atomic mass is 9.78. The Morgan fingerprint density at radius 1 is 1.00 bits per heavy atom. The summed E-state index contributed by atoms with van der Waals surface area (Å²) in [4.78, 5) is 15.2. The third-order valence-corrected chi connectivity index (χ3v) is 7.85. The fourth-order valence-corrected chi connectivity index (χ4v) is 6.32. The number of rotatable bonds is 2. The van der Waals surface area contributed by atoms with Crippen molar-refractivity contribution in [3.8, 4) is 0 Å². The lowest BCUT2D eigenvalue weighted by Gasteiger charge is -2.44. The second-order valence-electron chi connectivity index (χ2n) is 7.54. The van der Waals surface area contributed by atoms with E-state index in [0.717, 1.165) is 19.4 Å². The number of hydrogen-bond acceptors (Lipinski definition) is 3. The molecule has 3 fully saturated rings. The molecule has 1 aliphatic carbocycles. The van der Waals surface area contributed by atoms with Gasteiger partial charge in [0.2, 0.25) is 10.0 Å². The second-order valence-corrected chi connectivity index (χ2v) is 9.56. The molecule has 6 heteroatoms. The highest BCUT2D eigenvalue weighted by molar-refractivity contribution is 7.93. The van der Waals surface area contributed by atoms with Crippen molar-refractivity contribution in [2.75, 3.05) is 23.1 Å². The van der Waals surface area contributed by atoms with Crippen LogP contribution < -0.4 is 4.31 Å². The average Bonchev–Trinajstić information content (AvgIpc) is 3.00. The minimum Gasteiger partial charge on any atom is -0.335 e. The van der Waals surface area contributed by atoms with Crippen LogP contribution in [0.25, 0.3) is 0 Å². The van der Waals surface area contributed by atoms with Crippen molar-refractivity contribution >= 4 is 21.6 Å². The smallest absolute Gasteiger partial charge is 0.254 e. The lowest BCUT2D eigenvalue weighted by molar-refractivity contribution is 0.0390. The maximum absolute atomic E-state index is 13.1. The van der Waals surface area contributed by atoms with Crippen molar-refractivity contribution in [3.63, 3.8) is 0 Å². The molecule has 25 heavy (non-hydrogen) atoms. The van der Waals surface area contributed by atoms with E-state index >= 15 is 0 Å². The van der Waals surface area contributed by atoms with Crippen molar-refractivity contribution in [2.24, 2.45) is 5.92 Å². The molecule has 1 aromatic rings. The molecule has 2 atom stereocenters. The van der Waals surface area contributed by atoms with Gasteiger partial charge in [-0.05, 0) is 56.2 Å². The van der Waals surface area contributed by atoms with Crippen LogP contribution in [0.4, 0.5) is 5.69 Å². The van der Waals surface area contributed by atoms with Crippen LogP contribution in [-0.2, 0) is 10.0 Å². The van der Waals surface area contributed by atoms with Gasteiger partial charge in [0, 0.05) is 24.7 Å². The Morgan fingerprint density at radius 3 is 2.60 bits per heavy atom. The first-order valence-corrected chi connectivity index (χ1v) is 11.1. The molecule has 0 N–H and O–H groups in total. The van der Waals surface area contributed by atoms with Crippen molar-refractivity contribution < 1.29 is 13.2 Å². The number of sulfonamides is 1. The van der Waals surface area contributed by atoms with Gasteiger partial charge in [-0.15, -0.1) is 0 Å². The quantitative estimate of drug-likeness (QED) is 0.812. The van der Waals surface area contributed by atoms with E-state index in [9.17, 15) is 13.2 Å². The largest absolute Gasteiger partial charge is 0.335 e. The highest BCUT2D eigenvalue weighted by atomic mass is 32.2. The zero-order valence-corrected chi connectivity index (χ0v) is 15.4. The van der Waals surface area contributed by atoms with Crippen LogP contribution in [0.3, 0.4) is 0 Å². The van der Waals surface area contributed by atoms with E-state index in [2.05, 4.69) is 4.90 Å². The molecule has 0 radical (unpaired) electrons. The van der Waals surface area contributed by atoms with Gasteiger partial charge in [-0.3, -0.25) is 9.10 Å². The van der Waals surface area contributed by atoms with Crippen LogP contribution >= 0.6 is 0 Å². The number of hydrogen-bond donors (Lipinski definition) is 0. The Hall–Kier alpha value is -1.56. The van der Waals surface area contributed by atoms with Crippen molar-refractivity contribution in [1.29, 1.82) is 0 Å². The highest BCUT2D eigenvalue weighted by Crippen LogP contribution is 2.36. The standard InChI is InChI=1S/C19H26N2O3S/c22-19(20-11-4-8-15-6-1-2-10-18(15)20)16-7-3-9-17(14-16)21-12-5-13-25(21,23)24/h3,7,9,14-15,18H,1-2,4-6,8,10-13H2/t15-,18+/m1/s1. The number of amides is 1. The minimum atomic E-state index is -3.22. The molecule has 4 rings (SSSR count). The fraction of sp³-hybridized carbons (Fsp3) is 0.632. The molecule has 1 saturated carbocycles. The van der Waals surface area contributed by atoms with Crippen LogP contribution in [0.2, 0.25) is 0 Å². The maximum atomic E-state index is 13.1. The number of piperidine rings is 1. The summed E-state index contributed by atoms with van der Waals surface area (Å²) < 4.78 is 25.8. The summed E-state index contributed by atoms with van der Waals surface area (Å²) in [5.74, 6) is 0.907. The van der Waals surface area contributed by atoms with E-state index < -0.39 is 10.0 Å². The van der Waals surface area contributed by atoms with E-state index in [-0.39, 0.29) is 11.7 Å². The Labute approximate surface area is 150 Å². The van der Waals surface area contributed by atoms with Gasteiger partial charge < -0.3 is 4.90 Å². The van der Waals surface area contributed by atoms with Gasteiger partial charge in [-0.2, -0.15) is 0 Å². The highest BCUT2D eigenvalue weighted by Gasteiger charge is 2.36. The summed E-state index contributed by atoms with van der Waals surface area (Å²) in [7, 11) is -3.22. The topological polar surface area (TPSA) is 57.7 Å².